The molecule has 0 bridgehead atoms. The quantitative estimate of drug-likeness (QED) is 0.591. The minimum absolute atomic E-state index is 0.136. The van der Waals surface area contributed by atoms with Crippen LogP contribution in [0, 0.1) is 0 Å². The monoisotopic (exact) mass is 367 g/mol. The number of alkyl halides is 3. The zero-order chi connectivity index (χ0) is 17.6. The normalized spacial score (nSPS) is 19.7. The number of hydrogen-bond donors (Lipinski definition) is 0. The average Bonchev–Trinajstić information content (AvgIpc) is 2.85. The van der Waals surface area contributed by atoms with Gasteiger partial charge in [0.15, 0.2) is 0 Å². The maximum absolute atomic E-state index is 13.3. The molecule has 0 radical (unpaired) electrons. The van der Waals surface area contributed by atoms with Gasteiger partial charge in [0, 0.05) is 28.9 Å². The second kappa shape index (κ2) is 6.38. The van der Waals surface area contributed by atoms with Gasteiger partial charge in [0.05, 0.1) is 5.56 Å². The molecular formula is C15H20F3NO2S2. The molecule has 8 heteroatoms. The van der Waals surface area contributed by atoms with Gasteiger partial charge in [-0.1, -0.05) is 0 Å². The highest BCUT2D eigenvalue weighted by atomic mass is 32.2. The molecule has 1 aromatic rings. The number of benzene rings is 1. The molecule has 0 fully saturated rings. The topological polar surface area (TPSA) is 35.5 Å². The van der Waals surface area contributed by atoms with Crippen LogP contribution in [0.3, 0.4) is 0 Å². The summed E-state index contributed by atoms with van der Waals surface area (Å²) in [4.78, 5) is 0.136. The van der Waals surface area contributed by atoms with Crippen molar-refractivity contribution >= 4 is 23.1 Å². The highest BCUT2D eigenvalue weighted by molar-refractivity contribution is 7.98. The van der Waals surface area contributed by atoms with Crippen molar-refractivity contribution in [1.29, 1.82) is 0 Å². The van der Waals surface area contributed by atoms with Crippen LogP contribution in [0.1, 0.15) is 37.9 Å². The van der Waals surface area contributed by atoms with Crippen LogP contribution in [0.15, 0.2) is 17.0 Å². The fourth-order valence-electron chi connectivity index (χ4n) is 2.46. The van der Waals surface area contributed by atoms with Gasteiger partial charge in [0.25, 0.3) is 0 Å². The van der Waals surface area contributed by atoms with E-state index in [-0.39, 0.29) is 11.5 Å². The summed E-state index contributed by atoms with van der Waals surface area (Å²) in [6.45, 7) is 5.68. The molecule has 0 N–H and O–H groups in total. The Kier molecular flexibility index (Phi) is 5.21. The number of thioether (sulfide) groups is 1. The van der Waals surface area contributed by atoms with Crippen molar-refractivity contribution in [1.82, 2.24) is 4.31 Å². The van der Waals surface area contributed by atoms with Crippen molar-refractivity contribution in [2.24, 2.45) is 0 Å². The molecule has 2 unspecified atom stereocenters. The van der Waals surface area contributed by atoms with E-state index in [1.54, 1.807) is 17.6 Å². The third-order valence-electron chi connectivity index (χ3n) is 3.62. The van der Waals surface area contributed by atoms with Crippen molar-refractivity contribution in [3.8, 4) is 5.75 Å². The van der Waals surface area contributed by atoms with Gasteiger partial charge in [-0.2, -0.15) is 13.2 Å². The predicted molar refractivity (Wildman–Crippen MR) is 87.1 cm³/mol. The number of ether oxygens (including phenoxy) is 1. The molecule has 130 valence electrons. The molecule has 0 saturated heterocycles. The van der Waals surface area contributed by atoms with Crippen LogP contribution in [0.2, 0.25) is 0 Å². The van der Waals surface area contributed by atoms with Crippen LogP contribution in [-0.2, 0) is 17.5 Å². The smallest absolute Gasteiger partial charge is 0.417 e. The first kappa shape index (κ1) is 18.8. The predicted octanol–water partition coefficient (Wildman–Crippen LogP) is 4.25. The van der Waals surface area contributed by atoms with E-state index >= 15 is 0 Å². The van der Waals surface area contributed by atoms with Gasteiger partial charge < -0.3 is 9.29 Å². The largest absolute Gasteiger partial charge is 0.597 e. The van der Waals surface area contributed by atoms with Gasteiger partial charge in [-0.15, -0.1) is 16.1 Å². The van der Waals surface area contributed by atoms with E-state index in [9.17, 15) is 17.7 Å². The maximum Gasteiger partial charge on any atom is 0.417 e. The fourth-order valence-corrected chi connectivity index (χ4v) is 4.35. The van der Waals surface area contributed by atoms with Crippen molar-refractivity contribution in [2.45, 2.75) is 42.6 Å². The maximum atomic E-state index is 13.3. The summed E-state index contributed by atoms with van der Waals surface area (Å²) in [6, 6.07) is 2.10. The third-order valence-corrected chi connectivity index (χ3v) is 6.22. The van der Waals surface area contributed by atoms with Gasteiger partial charge in [-0.3, -0.25) is 0 Å². The van der Waals surface area contributed by atoms with Crippen LogP contribution in [0.25, 0.3) is 0 Å². The second-order valence-electron chi connectivity index (χ2n) is 6.32. The molecule has 1 aliphatic heterocycles. The fraction of sp³-hybridized carbons (Fsp3) is 0.600. The Morgan fingerprint density at radius 2 is 1.91 bits per heavy atom. The van der Waals surface area contributed by atoms with E-state index in [0.29, 0.717) is 11.3 Å². The lowest BCUT2D eigenvalue weighted by Gasteiger charge is -2.33. The third kappa shape index (κ3) is 3.75. The van der Waals surface area contributed by atoms with Gasteiger partial charge in [-0.25, -0.2) is 0 Å². The van der Waals surface area contributed by atoms with Crippen LogP contribution in [0.4, 0.5) is 13.2 Å². The minimum atomic E-state index is -4.43. The van der Waals surface area contributed by atoms with Crippen molar-refractivity contribution in [3.05, 3.63) is 23.3 Å². The highest BCUT2D eigenvalue weighted by Crippen LogP contribution is 2.45. The zero-order valence-corrected chi connectivity index (χ0v) is 15.3. The summed E-state index contributed by atoms with van der Waals surface area (Å²) in [6.07, 6.45) is -2.83. The van der Waals surface area contributed by atoms with Crippen LogP contribution in [-0.4, -0.2) is 33.5 Å². The Balaban J connectivity index is 2.43. The molecule has 3 nitrogen and oxygen atoms in total. The number of nitrogens with zero attached hydrogens (tertiary/aromatic N) is 1. The lowest BCUT2D eigenvalue weighted by Crippen LogP contribution is -2.43. The average molecular weight is 367 g/mol. The van der Waals surface area contributed by atoms with E-state index in [1.165, 1.54) is 6.07 Å². The molecule has 0 saturated carbocycles. The summed E-state index contributed by atoms with van der Waals surface area (Å²) in [5.74, 6) is 0.435. The van der Waals surface area contributed by atoms with E-state index in [4.69, 9.17) is 4.74 Å². The second-order valence-corrected chi connectivity index (χ2v) is 9.47. The molecule has 0 aliphatic carbocycles. The van der Waals surface area contributed by atoms with Crippen LogP contribution >= 0.6 is 11.8 Å². The zero-order valence-electron chi connectivity index (χ0n) is 13.7. The molecule has 2 atom stereocenters. The van der Waals surface area contributed by atoms with Gasteiger partial charge in [-0.05, 0) is 39.2 Å². The molecule has 23 heavy (non-hydrogen) atoms. The lowest BCUT2D eigenvalue weighted by atomic mass is 10.0. The molecule has 1 aromatic carbocycles. The summed E-state index contributed by atoms with van der Waals surface area (Å²) >= 11 is -0.312. The molecule has 0 spiro atoms. The van der Waals surface area contributed by atoms with E-state index < -0.39 is 33.9 Å². The number of hydrogen-bond acceptors (Lipinski definition) is 4. The van der Waals surface area contributed by atoms with Crippen molar-refractivity contribution in [3.63, 3.8) is 0 Å². The van der Waals surface area contributed by atoms with Crippen molar-refractivity contribution < 1.29 is 22.5 Å². The first-order valence-electron chi connectivity index (χ1n) is 7.03. The number of fused-ring (bicyclic) bond motifs is 1. The Morgan fingerprint density at radius 3 is 2.39 bits per heavy atom. The summed E-state index contributed by atoms with van der Waals surface area (Å²) < 4.78 is 58.9. The lowest BCUT2D eigenvalue weighted by molar-refractivity contribution is -0.139. The first-order chi connectivity index (χ1) is 10.5. The standard InChI is InChI=1S/C15H20F3NO2S2/c1-14(2,3)23(20)19(4)11-8-21-12-7-13(22-5)10(6-9(11)12)15(16,17)18/h6-7,11H,8H2,1-5H3. The Hall–Kier alpha value is -0.570. The van der Waals surface area contributed by atoms with E-state index in [0.717, 1.165) is 17.8 Å². The minimum Gasteiger partial charge on any atom is -0.597 e. The molecule has 1 aliphatic rings. The Bertz CT molecular complexity index is 587. The Labute approximate surface area is 141 Å². The van der Waals surface area contributed by atoms with Gasteiger partial charge in [0.1, 0.15) is 23.1 Å². The van der Waals surface area contributed by atoms with Gasteiger partial charge >= 0.3 is 6.18 Å². The molecule has 0 aromatic heterocycles. The van der Waals surface area contributed by atoms with E-state index in [1.807, 2.05) is 20.8 Å². The van der Waals surface area contributed by atoms with Crippen LogP contribution < -0.4 is 4.74 Å². The molecule has 2 rings (SSSR count). The summed E-state index contributed by atoms with van der Waals surface area (Å²) in [5.41, 5.74) is -0.232. The Morgan fingerprint density at radius 1 is 1.30 bits per heavy atom. The van der Waals surface area contributed by atoms with E-state index in [2.05, 4.69) is 0 Å². The van der Waals surface area contributed by atoms with Gasteiger partial charge in [0.2, 0.25) is 0 Å². The van der Waals surface area contributed by atoms with Crippen molar-refractivity contribution in [2.75, 3.05) is 19.9 Å². The first-order valence-corrected chi connectivity index (χ1v) is 9.36. The highest BCUT2D eigenvalue weighted by Gasteiger charge is 2.42. The molecule has 0 amide bonds. The molecule has 1 heterocycles. The molecular weight excluding hydrogens is 347 g/mol. The number of likely N-dealkylation sites (N-methyl/N-ethyl adjacent to an activating group) is 1. The van der Waals surface area contributed by atoms with Crippen LogP contribution in [0.5, 0.6) is 5.75 Å². The summed E-state index contributed by atoms with van der Waals surface area (Å²) in [7, 11) is 1.65. The number of rotatable bonds is 3. The number of halogens is 3. The SMILES string of the molecule is CSc1cc2c(cc1C(F)(F)F)C(N(C)[S+]([O-])C(C)(C)C)CO2. The summed E-state index contributed by atoms with van der Waals surface area (Å²) in [5, 5.41) is 0.